The van der Waals surface area contributed by atoms with Gasteiger partial charge in [0.15, 0.2) is 11.5 Å². The van der Waals surface area contributed by atoms with Crippen LogP contribution in [-0.2, 0) is 6.42 Å². The number of hydrogen-bond acceptors (Lipinski definition) is 4. The Morgan fingerprint density at radius 3 is 2.37 bits per heavy atom. The van der Waals surface area contributed by atoms with E-state index in [1.54, 1.807) is 7.11 Å². The van der Waals surface area contributed by atoms with E-state index in [1.807, 2.05) is 41.4 Å². The third-order valence-corrected chi connectivity index (χ3v) is 7.28. The Bertz CT molecular complexity index is 1120. The number of aromatic nitrogens is 1. The highest BCUT2D eigenvalue weighted by Gasteiger charge is 2.23. The summed E-state index contributed by atoms with van der Waals surface area (Å²) in [6.45, 7) is 1.72. The van der Waals surface area contributed by atoms with Crippen LogP contribution in [-0.4, -0.2) is 42.1 Å². The maximum atomic E-state index is 12.9. The van der Waals surface area contributed by atoms with Crippen molar-refractivity contribution in [3.63, 3.8) is 0 Å². The molecule has 0 N–H and O–H groups in total. The van der Waals surface area contributed by atoms with E-state index in [9.17, 15) is 4.79 Å². The van der Waals surface area contributed by atoms with Crippen LogP contribution in [0.3, 0.4) is 0 Å². The standard InChI is InChI=1S/C30H34N2O3/c1-34-28-16-15-24(20-29(28)35-26-9-2-3-10-26)27(21-25-8-4-5-17-31-25)22-11-13-23(14-12-22)30(33)32-18-6-7-19-32/h4-5,8,11-17,20,26-27H,2-3,6-7,9-10,18-19,21H2,1H3. The molecule has 5 nitrogen and oxygen atoms in total. The van der Waals surface area contributed by atoms with Gasteiger partial charge in [-0.2, -0.15) is 0 Å². The van der Waals surface area contributed by atoms with E-state index in [0.717, 1.165) is 79.1 Å². The summed E-state index contributed by atoms with van der Waals surface area (Å²) in [5, 5.41) is 0. The van der Waals surface area contributed by atoms with Crippen LogP contribution in [0.5, 0.6) is 11.5 Å². The van der Waals surface area contributed by atoms with Crippen LogP contribution < -0.4 is 9.47 Å². The first-order chi connectivity index (χ1) is 17.2. The number of carbonyl (C=O) groups is 1. The Hall–Kier alpha value is -3.34. The highest BCUT2D eigenvalue weighted by molar-refractivity contribution is 5.94. The summed E-state index contributed by atoms with van der Waals surface area (Å²) in [6, 6.07) is 20.4. The van der Waals surface area contributed by atoms with Gasteiger partial charge in [0.25, 0.3) is 5.91 Å². The van der Waals surface area contributed by atoms with Crippen LogP contribution in [0.25, 0.3) is 0 Å². The molecule has 0 bridgehead atoms. The molecule has 1 aromatic heterocycles. The summed E-state index contributed by atoms with van der Waals surface area (Å²) in [5.74, 6) is 1.79. The SMILES string of the molecule is COc1ccc(C(Cc2ccccn2)c2ccc(C(=O)N3CCCC3)cc2)cc1OC1CCCC1. The monoisotopic (exact) mass is 470 g/mol. The molecule has 1 saturated carbocycles. The van der Waals surface area contributed by atoms with Crippen LogP contribution in [0.1, 0.15) is 71.6 Å². The molecular weight excluding hydrogens is 436 g/mol. The molecular formula is C30H34N2O3. The largest absolute Gasteiger partial charge is 0.493 e. The van der Waals surface area contributed by atoms with Crippen LogP contribution in [0.4, 0.5) is 0 Å². The number of carbonyl (C=O) groups excluding carboxylic acids is 1. The topological polar surface area (TPSA) is 51.7 Å². The average molecular weight is 471 g/mol. The number of hydrogen-bond donors (Lipinski definition) is 0. The molecule has 1 atom stereocenters. The molecule has 2 aliphatic rings. The van der Waals surface area contributed by atoms with E-state index < -0.39 is 0 Å². The first-order valence-corrected chi connectivity index (χ1v) is 12.8. The van der Waals surface area contributed by atoms with Crippen LogP contribution >= 0.6 is 0 Å². The van der Waals surface area contributed by atoms with E-state index >= 15 is 0 Å². The molecule has 0 radical (unpaired) electrons. The summed E-state index contributed by atoms with van der Waals surface area (Å²) in [5.41, 5.74) is 4.10. The van der Waals surface area contributed by atoms with Gasteiger partial charge in [-0.1, -0.05) is 24.3 Å². The van der Waals surface area contributed by atoms with Crippen molar-refractivity contribution >= 4 is 5.91 Å². The van der Waals surface area contributed by atoms with E-state index in [2.05, 4.69) is 35.3 Å². The summed E-state index contributed by atoms with van der Waals surface area (Å²) in [6.07, 6.45) is 9.67. The molecule has 1 aliphatic carbocycles. The number of amides is 1. The zero-order valence-electron chi connectivity index (χ0n) is 20.5. The van der Waals surface area contributed by atoms with Gasteiger partial charge in [0.05, 0.1) is 13.2 Å². The second-order valence-corrected chi connectivity index (χ2v) is 9.63. The number of nitrogens with zero attached hydrogens (tertiary/aromatic N) is 2. The van der Waals surface area contributed by atoms with Crippen LogP contribution in [0.15, 0.2) is 66.9 Å². The number of likely N-dealkylation sites (tertiary alicyclic amines) is 1. The maximum absolute atomic E-state index is 12.9. The van der Waals surface area contributed by atoms with Crippen molar-refractivity contribution in [3.05, 3.63) is 89.2 Å². The molecule has 1 saturated heterocycles. The summed E-state index contributed by atoms with van der Waals surface area (Å²) >= 11 is 0. The lowest BCUT2D eigenvalue weighted by molar-refractivity contribution is 0.0793. The highest BCUT2D eigenvalue weighted by Crippen LogP contribution is 2.37. The van der Waals surface area contributed by atoms with Gasteiger partial charge in [-0.25, -0.2) is 0 Å². The lowest BCUT2D eigenvalue weighted by Gasteiger charge is -2.22. The first-order valence-electron chi connectivity index (χ1n) is 12.8. The fraction of sp³-hybridized carbons (Fsp3) is 0.400. The van der Waals surface area contributed by atoms with Crippen molar-refractivity contribution in [2.75, 3.05) is 20.2 Å². The van der Waals surface area contributed by atoms with Gasteiger partial charge in [-0.3, -0.25) is 9.78 Å². The third-order valence-electron chi connectivity index (χ3n) is 7.28. The number of ether oxygens (including phenoxy) is 2. The molecule has 5 heteroatoms. The molecule has 35 heavy (non-hydrogen) atoms. The van der Waals surface area contributed by atoms with Gasteiger partial charge < -0.3 is 14.4 Å². The minimum Gasteiger partial charge on any atom is -0.493 e. The molecule has 2 aromatic carbocycles. The van der Waals surface area contributed by atoms with Crippen molar-refractivity contribution in [3.8, 4) is 11.5 Å². The molecule has 182 valence electrons. The second-order valence-electron chi connectivity index (χ2n) is 9.63. The van der Waals surface area contributed by atoms with E-state index in [1.165, 1.54) is 12.8 Å². The van der Waals surface area contributed by atoms with Crippen molar-refractivity contribution in [1.29, 1.82) is 0 Å². The molecule has 3 aromatic rings. The molecule has 2 heterocycles. The van der Waals surface area contributed by atoms with Crippen molar-refractivity contribution in [1.82, 2.24) is 9.88 Å². The molecule has 5 rings (SSSR count). The van der Waals surface area contributed by atoms with Crippen molar-refractivity contribution < 1.29 is 14.3 Å². The minimum absolute atomic E-state index is 0.0812. The van der Waals surface area contributed by atoms with E-state index in [-0.39, 0.29) is 17.9 Å². The maximum Gasteiger partial charge on any atom is 0.253 e. The Morgan fingerprint density at radius 1 is 0.943 bits per heavy atom. The third kappa shape index (κ3) is 5.50. The van der Waals surface area contributed by atoms with Crippen molar-refractivity contribution in [2.45, 2.75) is 57.0 Å². The predicted octanol–water partition coefficient (Wildman–Crippen LogP) is 6.02. The van der Waals surface area contributed by atoms with Gasteiger partial charge >= 0.3 is 0 Å². The van der Waals surface area contributed by atoms with E-state index in [0.29, 0.717) is 0 Å². The van der Waals surface area contributed by atoms with Gasteiger partial charge in [-0.15, -0.1) is 0 Å². The molecule has 0 spiro atoms. The number of rotatable bonds is 8. The molecule has 1 aliphatic heterocycles. The summed E-state index contributed by atoms with van der Waals surface area (Å²) < 4.78 is 12.0. The normalized spacial score (nSPS) is 16.9. The quantitative estimate of drug-likeness (QED) is 0.404. The fourth-order valence-electron chi connectivity index (χ4n) is 5.30. The Kier molecular flexibility index (Phi) is 7.31. The van der Waals surface area contributed by atoms with Gasteiger partial charge in [0.1, 0.15) is 0 Å². The zero-order valence-corrected chi connectivity index (χ0v) is 20.5. The van der Waals surface area contributed by atoms with E-state index in [4.69, 9.17) is 9.47 Å². The van der Waals surface area contributed by atoms with Crippen molar-refractivity contribution in [2.24, 2.45) is 0 Å². The molecule has 1 unspecified atom stereocenters. The minimum atomic E-state index is 0.0812. The zero-order chi connectivity index (χ0) is 24.0. The van der Waals surface area contributed by atoms with Crippen LogP contribution in [0, 0.1) is 0 Å². The van der Waals surface area contributed by atoms with Gasteiger partial charge in [0, 0.05) is 42.9 Å². The fourth-order valence-corrected chi connectivity index (χ4v) is 5.30. The second kappa shape index (κ2) is 10.9. The number of benzene rings is 2. The number of pyridine rings is 1. The highest BCUT2D eigenvalue weighted by atomic mass is 16.5. The lowest BCUT2D eigenvalue weighted by atomic mass is 9.86. The first kappa shape index (κ1) is 23.4. The summed E-state index contributed by atoms with van der Waals surface area (Å²) in [4.78, 5) is 19.4. The Morgan fingerprint density at radius 2 is 1.69 bits per heavy atom. The van der Waals surface area contributed by atoms with Gasteiger partial charge in [0.2, 0.25) is 0 Å². The smallest absolute Gasteiger partial charge is 0.253 e. The predicted molar refractivity (Wildman–Crippen MR) is 137 cm³/mol. The Balaban J connectivity index is 1.46. The van der Waals surface area contributed by atoms with Crippen LogP contribution in [0.2, 0.25) is 0 Å². The summed E-state index contributed by atoms with van der Waals surface area (Å²) in [7, 11) is 1.69. The Labute approximate surface area is 208 Å². The van der Waals surface area contributed by atoms with Gasteiger partial charge in [-0.05, 0) is 86.1 Å². The molecule has 2 fully saturated rings. The average Bonchev–Trinajstić information content (AvgIpc) is 3.63. The lowest BCUT2D eigenvalue weighted by Crippen LogP contribution is -2.27. The number of methoxy groups -OCH3 is 1. The molecule has 1 amide bonds.